The summed E-state index contributed by atoms with van der Waals surface area (Å²) in [5.74, 6) is 2.51. The number of benzene rings is 1. The topological polar surface area (TPSA) is 74.7 Å². The Balaban J connectivity index is 2.10. The molecule has 0 unspecified atom stereocenters. The van der Waals surface area contributed by atoms with Gasteiger partial charge in [-0.05, 0) is 18.2 Å². The molecular formula is C12H12N4O2S. The molecule has 0 amide bonds. The van der Waals surface area contributed by atoms with Crippen LogP contribution in [0.4, 0.5) is 5.82 Å². The van der Waals surface area contributed by atoms with E-state index in [-0.39, 0.29) is 0 Å². The van der Waals surface area contributed by atoms with Crippen molar-refractivity contribution < 1.29 is 9.47 Å². The summed E-state index contributed by atoms with van der Waals surface area (Å²) in [4.78, 5) is 5.19. The largest absolute Gasteiger partial charge is 0.493 e. The van der Waals surface area contributed by atoms with Crippen LogP contribution in [0.3, 0.4) is 0 Å². The minimum atomic E-state index is 0.583. The van der Waals surface area contributed by atoms with Crippen LogP contribution < -0.4 is 15.2 Å². The minimum Gasteiger partial charge on any atom is -0.493 e. The maximum atomic E-state index is 5.80. The van der Waals surface area contributed by atoms with Crippen molar-refractivity contribution in [2.75, 3.05) is 20.0 Å². The fraction of sp³-hybridized carbons (Fsp3) is 0.167. The lowest BCUT2D eigenvalue weighted by atomic mass is 10.2. The molecule has 0 bridgehead atoms. The molecule has 6 nitrogen and oxygen atoms in total. The molecule has 0 fully saturated rings. The summed E-state index contributed by atoms with van der Waals surface area (Å²) in [6.45, 7) is 0. The van der Waals surface area contributed by atoms with Gasteiger partial charge in [0.25, 0.3) is 0 Å². The van der Waals surface area contributed by atoms with Crippen molar-refractivity contribution in [3.8, 4) is 22.9 Å². The van der Waals surface area contributed by atoms with Crippen LogP contribution in [-0.2, 0) is 0 Å². The van der Waals surface area contributed by atoms with Crippen LogP contribution in [0.1, 0.15) is 0 Å². The first kappa shape index (κ1) is 11.8. The quantitative estimate of drug-likeness (QED) is 0.792. The summed E-state index contributed by atoms with van der Waals surface area (Å²) < 4.78 is 12.1. The van der Waals surface area contributed by atoms with Crippen molar-refractivity contribution in [3.05, 3.63) is 23.6 Å². The van der Waals surface area contributed by atoms with E-state index >= 15 is 0 Å². The van der Waals surface area contributed by atoms with Crippen LogP contribution >= 0.6 is 11.3 Å². The van der Waals surface area contributed by atoms with Crippen molar-refractivity contribution in [1.82, 2.24) is 14.6 Å². The number of fused-ring (bicyclic) bond motifs is 1. The van der Waals surface area contributed by atoms with E-state index in [0.717, 1.165) is 10.5 Å². The van der Waals surface area contributed by atoms with E-state index in [1.54, 1.807) is 18.7 Å². The zero-order valence-corrected chi connectivity index (χ0v) is 11.3. The van der Waals surface area contributed by atoms with E-state index in [9.17, 15) is 0 Å². The highest BCUT2D eigenvalue weighted by Crippen LogP contribution is 2.31. The first-order valence-electron chi connectivity index (χ1n) is 5.55. The second kappa shape index (κ2) is 4.43. The average molecular weight is 276 g/mol. The highest BCUT2D eigenvalue weighted by Gasteiger charge is 2.12. The lowest BCUT2D eigenvalue weighted by Crippen LogP contribution is -1.93. The number of nitrogens with two attached hydrogens (primary N) is 1. The Hall–Kier alpha value is -2.28. The van der Waals surface area contributed by atoms with Crippen LogP contribution in [0.2, 0.25) is 0 Å². The first-order chi connectivity index (χ1) is 9.22. The zero-order chi connectivity index (χ0) is 13.4. The summed E-state index contributed by atoms with van der Waals surface area (Å²) in [5, 5.41) is 6.18. The maximum Gasteiger partial charge on any atom is 0.214 e. The van der Waals surface area contributed by atoms with Gasteiger partial charge in [-0.25, -0.2) is 0 Å². The Morgan fingerprint density at radius 1 is 1.21 bits per heavy atom. The standard InChI is InChI=1S/C12H12N4O2S/c1-17-8-4-3-7(5-9(8)18-2)11-14-12-16(15-11)10(13)6-19-12/h3-6H,13H2,1-2H3. The van der Waals surface area contributed by atoms with E-state index in [2.05, 4.69) is 10.1 Å². The van der Waals surface area contributed by atoms with Gasteiger partial charge in [0.2, 0.25) is 4.96 Å². The summed E-state index contributed by atoms with van der Waals surface area (Å²) in [5.41, 5.74) is 6.65. The van der Waals surface area contributed by atoms with E-state index < -0.39 is 0 Å². The van der Waals surface area contributed by atoms with Gasteiger partial charge in [0, 0.05) is 10.9 Å². The van der Waals surface area contributed by atoms with E-state index in [1.807, 2.05) is 23.6 Å². The molecule has 0 aliphatic heterocycles. The minimum absolute atomic E-state index is 0.583. The molecule has 3 aromatic rings. The Morgan fingerprint density at radius 2 is 2.00 bits per heavy atom. The molecule has 7 heteroatoms. The van der Waals surface area contributed by atoms with Crippen molar-refractivity contribution >= 4 is 22.1 Å². The first-order valence-corrected chi connectivity index (χ1v) is 6.43. The highest BCUT2D eigenvalue weighted by atomic mass is 32.1. The van der Waals surface area contributed by atoms with Crippen LogP contribution in [0.5, 0.6) is 11.5 Å². The third kappa shape index (κ3) is 1.88. The number of hydrogen-bond donors (Lipinski definition) is 1. The molecule has 0 atom stereocenters. The van der Waals surface area contributed by atoms with Crippen LogP contribution in [-0.4, -0.2) is 28.8 Å². The number of nitrogens with zero attached hydrogens (tertiary/aromatic N) is 3. The number of anilines is 1. The van der Waals surface area contributed by atoms with Gasteiger partial charge in [-0.2, -0.15) is 9.50 Å². The molecular weight excluding hydrogens is 264 g/mol. The molecule has 98 valence electrons. The van der Waals surface area contributed by atoms with E-state index in [1.165, 1.54) is 11.3 Å². The second-order valence-corrected chi connectivity index (χ2v) is 4.70. The molecule has 2 heterocycles. The number of nitrogen functional groups attached to an aromatic ring is 1. The van der Waals surface area contributed by atoms with Crippen molar-refractivity contribution in [2.45, 2.75) is 0 Å². The summed E-state index contributed by atoms with van der Waals surface area (Å²) in [6.07, 6.45) is 0. The molecule has 19 heavy (non-hydrogen) atoms. The monoisotopic (exact) mass is 276 g/mol. The molecule has 0 aliphatic rings. The fourth-order valence-electron chi connectivity index (χ4n) is 1.80. The van der Waals surface area contributed by atoms with Gasteiger partial charge in [0.05, 0.1) is 14.2 Å². The van der Waals surface area contributed by atoms with E-state index in [4.69, 9.17) is 15.2 Å². The predicted octanol–water partition coefficient (Wildman–Crippen LogP) is 2.06. The summed E-state index contributed by atoms with van der Waals surface area (Å²) in [6, 6.07) is 5.55. The lowest BCUT2D eigenvalue weighted by molar-refractivity contribution is 0.355. The molecule has 0 radical (unpaired) electrons. The Kier molecular flexibility index (Phi) is 2.75. The number of methoxy groups -OCH3 is 2. The van der Waals surface area contributed by atoms with Crippen LogP contribution in [0, 0.1) is 0 Å². The third-order valence-electron chi connectivity index (χ3n) is 2.75. The van der Waals surface area contributed by atoms with Crippen molar-refractivity contribution in [2.24, 2.45) is 0 Å². The number of rotatable bonds is 3. The Morgan fingerprint density at radius 3 is 2.68 bits per heavy atom. The molecule has 2 aromatic heterocycles. The predicted molar refractivity (Wildman–Crippen MR) is 73.8 cm³/mol. The fourth-order valence-corrected chi connectivity index (χ4v) is 2.51. The van der Waals surface area contributed by atoms with Crippen LogP contribution in [0.15, 0.2) is 23.6 Å². The zero-order valence-electron chi connectivity index (χ0n) is 10.5. The highest BCUT2D eigenvalue weighted by molar-refractivity contribution is 7.15. The lowest BCUT2D eigenvalue weighted by Gasteiger charge is -2.07. The summed E-state index contributed by atoms with van der Waals surface area (Å²) >= 11 is 1.46. The molecule has 2 N–H and O–H groups in total. The number of thiazole rings is 1. The summed E-state index contributed by atoms with van der Waals surface area (Å²) in [7, 11) is 3.20. The van der Waals surface area contributed by atoms with Gasteiger partial charge >= 0.3 is 0 Å². The van der Waals surface area contributed by atoms with Gasteiger partial charge in [0.15, 0.2) is 17.3 Å². The van der Waals surface area contributed by atoms with E-state index in [0.29, 0.717) is 23.1 Å². The maximum absolute atomic E-state index is 5.80. The van der Waals surface area contributed by atoms with Gasteiger partial charge < -0.3 is 15.2 Å². The normalized spacial score (nSPS) is 10.8. The second-order valence-electron chi connectivity index (χ2n) is 3.86. The van der Waals surface area contributed by atoms with Crippen LogP contribution in [0.25, 0.3) is 16.3 Å². The van der Waals surface area contributed by atoms with Crippen molar-refractivity contribution in [3.63, 3.8) is 0 Å². The van der Waals surface area contributed by atoms with Crippen molar-refractivity contribution in [1.29, 1.82) is 0 Å². The Labute approximate surface area is 113 Å². The Bertz CT molecular complexity index is 734. The number of aromatic nitrogens is 3. The number of ether oxygens (including phenoxy) is 2. The number of hydrogen-bond acceptors (Lipinski definition) is 6. The smallest absolute Gasteiger partial charge is 0.214 e. The SMILES string of the molecule is COc1ccc(-c2nc3scc(N)n3n2)cc1OC. The molecule has 0 saturated heterocycles. The van der Waals surface area contributed by atoms with Gasteiger partial charge in [-0.3, -0.25) is 0 Å². The molecule has 1 aromatic carbocycles. The third-order valence-corrected chi connectivity index (χ3v) is 3.58. The molecule has 0 spiro atoms. The van der Waals surface area contributed by atoms with Gasteiger partial charge in [-0.15, -0.1) is 16.4 Å². The molecule has 0 aliphatic carbocycles. The van der Waals surface area contributed by atoms with Gasteiger partial charge in [-0.1, -0.05) is 0 Å². The molecule has 3 rings (SSSR count). The molecule has 0 saturated carbocycles. The van der Waals surface area contributed by atoms with Gasteiger partial charge in [0.1, 0.15) is 5.82 Å². The average Bonchev–Trinajstić information content (AvgIpc) is 3.00.